The summed E-state index contributed by atoms with van der Waals surface area (Å²) < 4.78 is 25.5. The lowest BCUT2D eigenvalue weighted by atomic mass is 10.1. The van der Waals surface area contributed by atoms with Crippen LogP contribution in [0.15, 0.2) is 36.4 Å². The third-order valence-electron chi connectivity index (χ3n) is 2.68. The Bertz CT molecular complexity index is 724. The summed E-state index contributed by atoms with van der Waals surface area (Å²) in [5, 5.41) is 0.563. The fraction of sp³-hybridized carbons (Fsp3) is 0.235. The van der Waals surface area contributed by atoms with Crippen molar-refractivity contribution in [2.24, 2.45) is 0 Å². The quantitative estimate of drug-likeness (QED) is 0.438. The van der Waals surface area contributed by atoms with Crippen molar-refractivity contribution in [1.29, 1.82) is 0 Å². The minimum absolute atomic E-state index is 0.0315. The number of halogens is 3. The third kappa shape index (κ3) is 5.07. The number of benzene rings is 2. The standard InChI is InChI=1S/C17H15ClFIO3/c1-17(2,3)23-16(21)12-8-13(19)15(9-14(12)20)22-11-6-4-10(18)5-7-11/h4-9H,1-3H3. The van der Waals surface area contributed by atoms with Crippen LogP contribution in [0.2, 0.25) is 5.02 Å². The lowest BCUT2D eigenvalue weighted by molar-refractivity contribution is 0.00677. The molecule has 0 aliphatic carbocycles. The van der Waals surface area contributed by atoms with E-state index in [2.05, 4.69) is 0 Å². The van der Waals surface area contributed by atoms with Gasteiger partial charge in [0.2, 0.25) is 0 Å². The molecule has 0 radical (unpaired) electrons. The molecule has 0 aliphatic heterocycles. The predicted octanol–water partition coefficient (Wildman–Crippen LogP) is 5.83. The maximum Gasteiger partial charge on any atom is 0.339 e. The molecule has 0 saturated heterocycles. The van der Waals surface area contributed by atoms with Crippen molar-refractivity contribution < 1.29 is 18.7 Å². The molecule has 0 spiro atoms. The van der Waals surface area contributed by atoms with Crippen molar-refractivity contribution >= 4 is 40.2 Å². The van der Waals surface area contributed by atoms with E-state index in [0.717, 1.165) is 6.07 Å². The number of hydrogen-bond donors (Lipinski definition) is 0. The van der Waals surface area contributed by atoms with Crippen molar-refractivity contribution in [2.75, 3.05) is 0 Å². The highest BCUT2D eigenvalue weighted by Crippen LogP contribution is 2.30. The largest absolute Gasteiger partial charge is 0.456 e. The Kier molecular flexibility index (Phi) is 5.52. The SMILES string of the molecule is CC(C)(C)OC(=O)c1cc(F)c(Oc2ccc(Cl)cc2)cc1I. The fourth-order valence-corrected chi connectivity index (χ4v) is 2.51. The van der Waals surface area contributed by atoms with Crippen molar-refractivity contribution in [1.82, 2.24) is 0 Å². The minimum Gasteiger partial charge on any atom is -0.456 e. The van der Waals surface area contributed by atoms with Crippen LogP contribution in [0.3, 0.4) is 0 Å². The Labute approximate surface area is 152 Å². The number of rotatable bonds is 3. The molecule has 0 bridgehead atoms. The van der Waals surface area contributed by atoms with E-state index in [-0.39, 0.29) is 11.3 Å². The van der Waals surface area contributed by atoms with Crippen LogP contribution < -0.4 is 4.74 Å². The lowest BCUT2D eigenvalue weighted by Gasteiger charge is -2.20. The summed E-state index contributed by atoms with van der Waals surface area (Å²) in [6, 6.07) is 9.15. The summed E-state index contributed by atoms with van der Waals surface area (Å²) in [5.41, 5.74) is -0.476. The lowest BCUT2D eigenvalue weighted by Crippen LogP contribution is -2.24. The summed E-state index contributed by atoms with van der Waals surface area (Å²) in [6.07, 6.45) is 0. The zero-order chi connectivity index (χ0) is 17.2. The highest BCUT2D eigenvalue weighted by Gasteiger charge is 2.22. The summed E-state index contributed by atoms with van der Waals surface area (Å²) in [7, 11) is 0. The molecule has 0 atom stereocenters. The molecule has 2 aromatic rings. The van der Waals surface area contributed by atoms with Gasteiger partial charge < -0.3 is 9.47 Å². The van der Waals surface area contributed by atoms with E-state index in [4.69, 9.17) is 21.1 Å². The van der Waals surface area contributed by atoms with Crippen LogP contribution in [0.1, 0.15) is 31.1 Å². The van der Waals surface area contributed by atoms with Gasteiger partial charge in [-0.15, -0.1) is 0 Å². The molecule has 0 N–H and O–H groups in total. The average Bonchev–Trinajstić information content (AvgIpc) is 2.43. The molecule has 2 rings (SSSR count). The Morgan fingerprint density at radius 1 is 1.17 bits per heavy atom. The first-order valence-electron chi connectivity index (χ1n) is 6.81. The monoisotopic (exact) mass is 448 g/mol. The molecule has 6 heteroatoms. The summed E-state index contributed by atoms with van der Waals surface area (Å²) >= 11 is 7.75. The highest BCUT2D eigenvalue weighted by atomic mass is 127. The number of carbonyl (C=O) groups excluding carboxylic acids is 1. The average molecular weight is 449 g/mol. The summed E-state index contributed by atoms with van der Waals surface area (Å²) in [5.74, 6) is -0.724. The van der Waals surface area contributed by atoms with E-state index >= 15 is 0 Å². The van der Waals surface area contributed by atoms with Gasteiger partial charge in [-0.1, -0.05) is 11.6 Å². The smallest absolute Gasteiger partial charge is 0.339 e. The minimum atomic E-state index is -0.644. The number of carbonyl (C=O) groups is 1. The second-order valence-electron chi connectivity index (χ2n) is 5.82. The van der Waals surface area contributed by atoms with Gasteiger partial charge in [0.1, 0.15) is 11.4 Å². The van der Waals surface area contributed by atoms with Gasteiger partial charge in [-0.05, 0) is 79.8 Å². The summed E-state index contributed by atoms with van der Waals surface area (Å²) in [6.45, 7) is 5.27. The van der Waals surface area contributed by atoms with Crippen molar-refractivity contribution in [3.8, 4) is 11.5 Å². The van der Waals surface area contributed by atoms with Crippen LogP contribution in [-0.4, -0.2) is 11.6 Å². The van der Waals surface area contributed by atoms with Crippen LogP contribution in [0.25, 0.3) is 0 Å². The molecule has 0 aliphatic rings. The van der Waals surface area contributed by atoms with Gasteiger partial charge in [0.15, 0.2) is 11.6 Å². The molecule has 0 unspecified atom stereocenters. The van der Waals surface area contributed by atoms with Gasteiger partial charge in [0.25, 0.3) is 0 Å². The van der Waals surface area contributed by atoms with E-state index < -0.39 is 17.4 Å². The van der Waals surface area contributed by atoms with Crippen LogP contribution in [-0.2, 0) is 4.74 Å². The predicted molar refractivity (Wildman–Crippen MR) is 95.8 cm³/mol. The topological polar surface area (TPSA) is 35.5 Å². The first-order chi connectivity index (χ1) is 10.7. The van der Waals surface area contributed by atoms with Crippen molar-refractivity contribution in [3.05, 3.63) is 56.4 Å². The maximum atomic E-state index is 14.2. The second kappa shape index (κ2) is 7.05. The van der Waals surface area contributed by atoms with Crippen LogP contribution in [0.4, 0.5) is 4.39 Å². The number of ether oxygens (including phenoxy) is 2. The van der Waals surface area contributed by atoms with Gasteiger partial charge in [-0.2, -0.15) is 0 Å². The molecule has 0 fully saturated rings. The van der Waals surface area contributed by atoms with Crippen LogP contribution >= 0.6 is 34.2 Å². The highest BCUT2D eigenvalue weighted by molar-refractivity contribution is 14.1. The van der Waals surface area contributed by atoms with E-state index in [1.54, 1.807) is 45.0 Å². The molecule has 2 aromatic carbocycles. The molecule has 122 valence electrons. The second-order valence-corrected chi connectivity index (χ2v) is 7.42. The van der Waals surface area contributed by atoms with Crippen LogP contribution in [0.5, 0.6) is 11.5 Å². The number of hydrogen-bond acceptors (Lipinski definition) is 3. The Morgan fingerprint density at radius 2 is 1.78 bits per heavy atom. The van der Waals surface area contributed by atoms with Crippen molar-refractivity contribution in [2.45, 2.75) is 26.4 Å². The molecule has 23 heavy (non-hydrogen) atoms. The van der Waals surface area contributed by atoms with Crippen molar-refractivity contribution in [3.63, 3.8) is 0 Å². The zero-order valence-electron chi connectivity index (χ0n) is 12.8. The summed E-state index contributed by atoms with van der Waals surface area (Å²) in [4.78, 5) is 12.1. The molecule has 0 amide bonds. The van der Waals surface area contributed by atoms with Gasteiger partial charge in [0, 0.05) is 8.59 Å². The van der Waals surface area contributed by atoms with E-state index in [9.17, 15) is 9.18 Å². The Morgan fingerprint density at radius 3 is 2.35 bits per heavy atom. The Hall–Kier alpha value is -1.34. The number of esters is 1. The molecule has 3 nitrogen and oxygen atoms in total. The molecular formula is C17H15ClFIO3. The zero-order valence-corrected chi connectivity index (χ0v) is 15.7. The maximum absolute atomic E-state index is 14.2. The van der Waals surface area contributed by atoms with Gasteiger partial charge >= 0.3 is 5.97 Å². The molecular weight excluding hydrogens is 434 g/mol. The molecule has 0 heterocycles. The molecule has 0 saturated carbocycles. The Balaban J connectivity index is 2.26. The first-order valence-corrected chi connectivity index (χ1v) is 8.27. The van der Waals surface area contributed by atoms with E-state index in [0.29, 0.717) is 14.3 Å². The van der Waals surface area contributed by atoms with Gasteiger partial charge in [0.05, 0.1) is 5.56 Å². The fourth-order valence-electron chi connectivity index (χ4n) is 1.73. The molecule has 0 aromatic heterocycles. The van der Waals surface area contributed by atoms with Gasteiger partial charge in [-0.3, -0.25) is 0 Å². The van der Waals surface area contributed by atoms with E-state index in [1.807, 2.05) is 22.6 Å². The van der Waals surface area contributed by atoms with Crippen LogP contribution in [0, 0.1) is 9.39 Å². The normalized spacial score (nSPS) is 11.2. The third-order valence-corrected chi connectivity index (χ3v) is 3.83. The first kappa shape index (κ1) is 18.0. The van der Waals surface area contributed by atoms with E-state index in [1.165, 1.54) is 6.07 Å². The van der Waals surface area contributed by atoms with Gasteiger partial charge in [-0.25, -0.2) is 9.18 Å².